The van der Waals surface area contributed by atoms with E-state index < -0.39 is 0 Å². The monoisotopic (exact) mass is 287 g/mol. The summed E-state index contributed by atoms with van der Waals surface area (Å²) in [7, 11) is 0. The fourth-order valence-corrected chi connectivity index (χ4v) is 3.31. The number of hydrogen-bond donors (Lipinski definition) is 1. The molecule has 0 saturated heterocycles. The molecule has 0 fully saturated rings. The SMILES string of the molecule is CCCNC(CC1Cc2ccccc21)CC(C)C(C)(C)C. The largest absolute Gasteiger partial charge is 0.314 e. The minimum absolute atomic E-state index is 0.406. The molecule has 1 aliphatic rings. The van der Waals surface area contributed by atoms with E-state index in [2.05, 4.69) is 64.2 Å². The van der Waals surface area contributed by atoms with Gasteiger partial charge in [0.1, 0.15) is 0 Å². The Morgan fingerprint density at radius 2 is 1.95 bits per heavy atom. The van der Waals surface area contributed by atoms with Crippen LogP contribution in [0.4, 0.5) is 0 Å². The van der Waals surface area contributed by atoms with Crippen molar-refractivity contribution in [2.24, 2.45) is 11.3 Å². The Morgan fingerprint density at radius 1 is 1.24 bits per heavy atom. The highest BCUT2D eigenvalue weighted by Gasteiger charge is 2.30. The van der Waals surface area contributed by atoms with Crippen LogP contribution in [0.1, 0.15) is 70.9 Å². The predicted octanol–water partition coefficient (Wildman–Crippen LogP) is 5.16. The van der Waals surface area contributed by atoms with Crippen LogP contribution in [0.25, 0.3) is 0 Å². The first-order valence-electron chi connectivity index (χ1n) is 8.73. The summed E-state index contributed by atoms with van der Waals surface area (Å²) in [5.41, 5.74) is 3.58. The van der Waals surface area contributed by atoms with E-state index in [4.69, 9.17) is 0 Å². The molecule has 0 amide bonds. The first-order valence-corrected chi connectivity index (χ1v) is 8.73. The zero-order valence-electron chi connectivity index (χ0n) is 14.6. The Morgan fingerprint density at radius 3 is 2.57 bits per heavy atom. The fraction of sp³-hybridized carbons (Fsp3) is 0.700. The van der Waals surface area contributed by atoms with Gasteiger partial charge in [0.25, 0.3) is 0 Å². The Hall–Kier alpha value is -0.820. The van der Waals surface area contributed by atoms with Crippen molar-refractivity contribution < 1.29 is 0 Å². The molecule has 0 bridgehead atoms. The van der Waals surface area contributed by atoms with Crippen LogP contribution < -0.4 is 5.32 Å². The number of rotatable bonds is 7. The molecule has 0 aromatic heterocycles. The molecular weight excluding hydrogens is 254 g/mol. The highest BCUT2D eigenvalue weighted by Crippen LogP contribution is 2.39. The van der Waals surface area contributed by atoms with Crippen LogP contribution in [0.15, 0.2) is 24.3 Å². The van der Waals surface area contributed by atoms with Crippen molar-refractivity contribution in [3.05, 3.63) is 35.4 Å². The molecule has 1 heteroatoms. The molecule has 3 atom stereocenters. The third kappa shape index (κ3) is 4.32. The van der Waals surface area contributed by atoms with Crippen molar-refractivity contribution in [2.45, 2.75) is 72.3 Å². The van der Waals surface area contributed by atoms with Gasteiger partial charge in [0.15, 0.2) is 0 Å². The molecule has 21 heavy (non-hydrogen) atoms. The maximum absolute atomic E-state index is 3.80. The van der Waals surface area contributed by atoms with Gasteiger partial charge in [-0.15, -0.1) is 0 Å². The van der Waals surface area contributed by atoms with E-state index in [1.165, 1.54) is 25.7 Å². The topological polar surface area (TPSA) is 12.0 Å². The van der Waals surface area contributed by atoms with Crippen molar-refractivity contribution in [1.29, 1.82) is 0 Å². The van der Waals surface area contributed by atoms with E-state index in [0.29, 0.717) is 11.5 Å². The molecule has 0 heterocycles. The highest BCUT2D eigenvalue weighted by atomic mass is 14.9. The molecule has 3 unspecified atom stereocenters. The molecule has 0 radical (unpaired) electrons. The van der Waals surface area contributed by atoms with Gasteiger partial charge < -0.3 is 5.32 Å². The minimum atomic E-state index is 0.406. The van der Waals surface area contributed by atoms with Crippen molar-refractivity contribution in [1.82, 2.24) is 5.32 Å². The van der Waals surface area contributed by atoms with E-state index >= 15 is 0 Å². The molecule has 0 spiro atoms. The molecule has 118 valence electrons. The average molecular weight is 287 g/mol. The summed E-state index contributed by atoms with van der Waals surface area (Å²) in [5, 5.41) is 3.80. The molecule has 2 rings (SSSR count). The summed E-state index contributed by atoms with van der Waals surface area (Å²) in [4.78, 5) is 0. The van der Waals surface area contributed by atoms with Gasteiger partial charge >= 0.3 is 0 Å². The first-order chi connectivity index (χ1) is 9.91. The molecular formula is C20H33N. The zero-order valence-corrected chi connectivity index (χ0v) is 14.6. The highest BCUT2D eigenvalue weighted by molar-refractivity contribution is 5.39. The number of nitrogens with one attached hydrogen (secondary N) is 1. The van der Waals surface area contributed by atoms with Crippen molar-refractivity contribution in [2.75, 3.05) is 6.54 Å². The predicted molar refractivity (Wildman–Crippen MR) is 92.8 cm³/mol. The van der Waals surface area contributed by atoms with Gasteiger partial charge in [0.2, 0.25) is 0 Å². The quantitative estimate of drug-likeness (QED) is 0.730. The molecule has 1 aromatic carbocycles. The van der Waals surface area contributed by atoms with E-state index in [1.54, 1.807) is 11.1 Å². The van der Waals surface area contributed by atoms with E-state index in [9.17, 15) is 0 Å². The summed E-state index contributed by atoms with van der Waals surface area (Å²) in [6.45, 7) is 12.9. The summed E-state index contributed by atoms with van der Waals surface area (Å²) >= 11 is 0. The second-order valence-electron chi connectivity index (χ2n) is 7.99. The Balaban J connectivity index is 1.94. The summed E-state index contributed by atoms with van der Waals surface area (Å²) in [5.74, 6) is 1.53. The summed E-state index contributed by atoms with van der Waals surface area (Å²) in [6.07, 6.45) is 5.10. The number of hydrogen-bond acceptors (Lipinski definition) is 1. The zero-order chi connectivity index (χ0) is 15.5. The van der Waals surface area contributed by atoms with Crippen LogP contribution in [-0.2, 0) is 6.42 Å². The van der Waals surface area contributed by atoms with Gasteiger partial charge in [-0.1, -0.05) is 58.9 Å². The lowest BCUT2D eigenvalue weighted by Crippen LogP contribution is -2.37. The summed E-state index contributed by atoms with van der Waals surface area (Å²) < 4.78 is 0. The number of benzene rings is 1. The van der Waals surface area contributed by atoms with Crippen molar-refractivity contribution in [3.63, 3.8) is 0 Å². The van der Waals surface area contributed by atoms with E-state index in [1.807, 2.05) is 0 Å². The maximum atomic E-state index is 3.80. The van der Waals surface area contributed by atoms with E-state index in [-0.39, 0.29) is 0 Å². The van der Waals surface area contributed by atoms with Crippen LogP contribution in [0.3, 0.4) is 0 Å². The van der Waals surface area contributed by atoms with Gasteiger partial charge in [0, 0.05) is 6.04 Å². The molecule has 1 aromatic rings. The Labute approximate surface area is 131 Å². The Kier molecular flexibility index (Phi) is 5.48. The average Bonchev–Trinajstić information content (AvgIpc) is 2.40. The van der Waals surface area contributed by atoms with Crippen molar-refractivity contribution >= 4 is 0 Å². The third-order valence-electron chi connectivity index (χ3n) is 5.33. The van der Waals surface area contributed by atoms with Crippen LogP contribution >= 0.6 is 0 Å². The normalized spacial score (nSPS) is 20.5. The minimum Gasteiger partial charge on any atom is -0.314 e. The molecule has 0 aliphatic heterocycles. The second-order valence-corrected chi connectivity index (χ2v) is 7.99. The standard InChI is InChI=1S/C20H33N/c1-6-11-21-18(12-15(2)20(3,4)5)14-17-13-16-9-7-8-10-19(16)17/h7-10,15,17-18,21H,6,11-14H2,1-5H3. The molecule has 0 saturated carbocycles. The van der Waals surface area contributed by atoms with Gasteiger partial charge in [-0.25, -0.2) is 0 Å². The van der Waals surface area contributed by atoms with Gasteiger partial charge in [-0.05, 0) is 60.6 Å². The van der Waals surface area contributed by atoms with Gasteiger partial charge in [-0.2, -0.15) is 0 Å². The van der Waals surface area contributed by atoms with Crippen LogP contribution in [0.5, 0.6) is 0 Å². The molecule has 1 nitrogen and oxygen atoms in total. The van der Waals surface area contributed by atoms with Crippen LogP contribution in [0, 0.1) is 11.3 Å². The molecule has 1 N–H and O–H groups in total. The van der Waals surface area contributed by atoms with Crippen LogP contribution in [-0.4, -0.2) is 12.6 Å². The third-order valence-corrected chi connectivity index (χ3v) is 5.33. The first kappa shape index (κ1) is 16.5. The number of fused-ring (bicyclic) bond motifs is 1. The van der Waals surface area contributed by atoms with E-state index in [0.717, 1.165) is 18.4 Å². The lowest BCUT2D eigenvalue weighted by Gasteiger charge is -2.36. The van der Waals surface area contributed by atoms with Crippen molar-refractivity contribution in [3.8, 4) is 0 Å². The second kappa shape index (κ2) is 6.96. The van der Waals surface area contributed by atoms with Gasteiger partial charge in [0.05, 0.1) is 0 Å². The van der Waals surface area contributed by atoms with Gasteiger partial charge in [-0.3, -0.25) is 0 Å². The van der Waals surface area contributed by atoms with Crippen LogP contribution in [0.2, 0.25) is 0 Å². The fourth-order valence-electron chi connectivity index (χ4n) is 3.31. The molecule has 1 aliphatic carbocycles. The smallest absolute Gasteiger partial charge is 0.00757 e. The Bertz CT molecular complexity index is 443. The lowest BCUT2D eigenvalue weighted by atomic mass is 9.72. The summed E-state index contributed by atoms with van der Waals surface area (Å²) in [6, 6.07) is 9.64. The maximum Gasteiger partial charge on any atom is 0.00757 e. The lowest BCUT2D eigenvalue weighted by molar-refractivity contribution is 0.214.